The van der Waals surface area contributed by atoms with E-state index in [4.69, 9.17) is 0 Å². The number of rotatable bonds is 2. The maximum absolute atomic E-state index is 11.9. The van der Waals surface area contributed by atoms with Crippen LogP contribution < -0.4 is 16.0 Å². The zero-order chi connectivity index (χ0) is 12.3. The third-order valence-corrected chi connectivity index (χ3v) is 2.73. The summed E-state index contributed by atoms with van der Waals surface area (Å²) in [5, 5.41) is 8.38. The maximum atomic E-state index is 11.9. The second-order valence-corrected chi connectivity index (χ2v) is 4.04. The van der Waals surface area contributed by atoms with Crippen LogP contribution in [0.25, 0.3) is 0 Å². The van der Waals surface area contributed by atoms with Crippen LogP contribution in [0.15, 0.2) is 24.3 Å². The molecule has 1 unspecified atom stereocenters. The summed E-state index contributed by atoms with van der Waals surface area (Å²) in [6.45, 7) is 2.45. The van der Waals surface area contributed by atoms with Crippen LogP contribution in [0.5, 0.6) is 0 Å². The van der Waals surface area contributed by atoms with Gasteiger partial charge in [0.1, 0.15) is 6.04 Å². The number of anilines is 1. The van der Waals surface area contributed by atoms with Crippen LogP contribution in [0.1, 0.15) is 5.56 Å². The SMILES string of the molecule is Cc1ccccc1NC(=O)C1CNC(=O)CN1. The van der Waals surface area contributed by atoms with Gasteiger partial charge >= 0.3 is 0 Å². The number of benzene rings is 1. The van der Waals surface area contributed by atoms with Gasteiger partial charge in [-0.1, -0.05) is 18.2 Å². The molecule has 2 rings (SSSR count). The lowest BCUT2D eigenvalue weighted by Crippen LogP contribution is -2.56. The minimum atomic E-state index is -0.368. The fourth-order valence-electron chi connectivity index (χ4n) is 1.68. The summed E-state index contributed by atoms with van der Waals surface area (Å²) in [6, 6.07) is 7.22. The van der Waals surface area contributed by atoms with E-state index in [1.165, 1.54) is 0 Å². The van der Waals surface area contributed by atoms with Crippen LogP contribution in [0.3, 0.4) is 0 Å². The van der Waals surface area contributed by atoms with E-state index in [1.807, 2.05) is 31.2 Å². The number of aryl methyl sites for hydroxylation is 1. The van der Waals surface area contributed by atoms with Crippen molar-refractivity contribution in [1.29, 1.82) is 0 Å². The first-order valence-corrected chi connectivity index (χ1v) is 5.53. The number of para-hydroxylation sites is 1. The lowest BCUT2D eigenvalue weighted by Gasteiger charge is -2.23. The molecule has 1 saturated heterocycles. The maximum Gasteiger partial charge on any atom is 0.243 e. The van der Waals surface area contributed by atoms with Gasteiger partial charge in [0, 0.05) is 12.2 Å². The molecule has 17 heavy (non-hydrogen) atoms. The Kier molecular flexibility index (Phi) is 3.39. The van der Waals surface area contributed by atoms with Gasteiger partial charge in [0.15, 0.2) is 0 Å². The van der Waals surface area contributed by atoms with Crippen molar-refractivity contribution < 1.29 is 9.59 Å². The fraction of sp³-hybridized carbons (Fsp3) is 0.333. The highest BCUT2D eigenvalue weighted by atomic mass is 16.2. The summed E-state index contributed by atoms with van der Waals surface area (Å²) in [5.41, 5.74) is 1.82. The third-order valence-electron chi connectivity index (χ3n) is 2.73. The van der Waals surface area contributed by atoms with Gasteiger partial charge in [-0.3, -0.25) is 14.9 Å². The number of piperazine rings is 1. The highest BCUT2D eigenvalue weighted by Gasteiger charge is 2.23. The molecule has 1 fully saturated rings. The molecule has 0 radical (unpaired) electrons. The average Bonchev–Trinajstić information content (AvgIpc) is 2.33. The molecule has 0 bridgehead atoms. The fourth-order valence-corrected chi connectivity index (χ4v) is 1.68. The van der Waals surface area contributed by atoms with Crippen molar-refractivity contribution in [1.82, 2.24) is 10.6 Å². The van der Waals surface area contributed by atoms with Crippen molar-refractivity contribution in [2.45, 2.75) is 13.0 Å². The number of nitrogens with one attached hydrogen (secondary N) is 3. The van der Waals surface area contributed by atoms with Crippen LogP contribution >= 0.6 is 0 Å². The first kappa shape index (κ1) is 11.6. The zero-order valence-electron chi connectivity index (χ0n) is 9.62. The summed E-state index contributed by atoms with van der Waals surface area (Å²) in [4.78, 5) is 22.8. The van der Waals surface area contributed by atoms with Gasteiger partial charge in [-0.25, -0.2) is 0 Å². The van der Waals surface area contributed by atoms with Gasteiger partial charge in [0.2, 0.25) is 11.8 Å². The number of carbonyl (C=O) groups excluding carboxylic acids is 2. The van der Waals surface area contributed by atoms with Crippen LogP contribution in [0.2, 0.25) is 0 Å². The van der Waals surface area contributed by atoms with Crippen LogP contribution in [0.4, 0.5) is 5.69 Å². The second-order valence-electron chi connectivity index (χ2n) is 4.04. The average molecular weight is 233 g/mol. The number of carbonyl (C=O) groups is 2. The summed E-state index contributed by atoms with van der Waals surface area (Å²) >= 11 is 0. The van der Waals surface area contributed by atoms with Gasteiger partial charge in [0.05, 0.1) is 6.54 Å². The third kappa shape index (κ3) is 2.82. The van der Waals surface area contributed by atoms with E-state index in [0.717, 1.165) is 11.3 Å². The van der Waals surface area contributed by atoms with Gasteiger partial charge in [-0.15, -0.1) is 0 Å². The molecule has 3 N–H and O–H groups in total. The van der Waals surface area contributed by atoms with Crippen molar-refractivity contribution in [3.8, 4) is 0 Å². The van der Waals surface area contributed by atoms with E-state index in [9.17, 15) is 9.59 Å². The molecule has 90 valence electrons. The Bertz CT molecular complexity index is 435. The normalized spacial score (nSPS) is 19.6. The molecular formula is C12H15N3O2. The summed E-state index contributed by atoms with van der Waals surface area (Å²) < 4.78 is 0. The lowest BCUT2D eigenvalue weighted by molar-refractivity contribution is -0.124. The van der Waals surface area contributed by atoms with Crippen molar-refractivity contribution in [3.63, 3.8) is 0 Å². The topological polar surface area (TPSA) is 70.2 Å². The molecule has 0 spiro atoms. The highest BCUT2D eigenvalue weighted by Crippen LogP contribution is 2.13. The zero-order valence-corrected chi connectivity index (χ0v) is 9.62. The highest BCUT2D eigenvalue weighted by molar-refractivity contribution is 5.97. The van der Waals surface area contributed by atoms with Gasteiger partial charge in [-0.05, 0) is 18.6 Å². The molecule has 5 heteroatoms. The Labute approximate surface area is 99.6 Å². The Morgan fingerprint density at radius 1 is 1.41 bits per heavy atom. The quantitative estimate of drug-likeness (QED) is 0.674. The van der Waals surface area contributed by atoms with E-state index in [0.29, 0.717) is 6.54 Å². The minimum absolute atomic E-state index is 0.0788. The monoisotopic (exact) mass is 233 g/mol. The molecule has 1 aliphatic rings. The Morgan fingerprint density at radius 2 is 2.18 bits per heavy atom. The number of hydrogen-bond donors (Lipinski definition) is 3. The van der Waals surface area contributed by atoms with Gasteiger partial charge in [-0.2, -0.15) is 0 Å². The van der Waals surface area contributed by atoms with Crippen molar-refractivity contribution in [3.05, 3.63) is 29.8 Å². The van der Waals surface area contributed by atoms with E-state index in [-0.39, 0.29) is 24.4 Å². The first-order chi connectivity index (χ1) is 8.16. The first-order valence-electron chi connectivity index (χ1n) is 5.53. The summed E-state index contributed by atoms with van der Waals surface area (Å²) in [6.07, 6.45) is 0. The number of hydrogen-bond acceptors (Lipinski definition) is 3. The predicted molar refractivity (Wildman–Crippen MR) is 64.6 cm³/mol. The predicted octanol–water partition coefficient (Wildman–Crippen LogP) is 0.0215. The van der Waals surface area contributed by atoms with E-state index >= 15 is 0 Å². The molecule has 0 aromatic heterocycles. The van der Waals surface area contributed by atoms with Crippen LogP contribution in [-0.2, 0) is 9.59 Å². The van der Waals surface area contributed by atoms with Gasteiger partial charge in [0.25, 0.3) is 0 Å². The molecular weight excluding hydrogens is 218 g/mol. The Balaban J connectivity index is 1.98. The Hall–Kier alpha value is -1.88. The summed E-state index contributed by atoms with van der Waals surface area (Å²) in [5.74, 6) is -0.204. The van der Waals surface area contributed by atoms with E-state index in [2.05, 4.69) is 16.0 Å². The summed E-state index contributed by atoms with van der Waals surface area (Å²) in [7, 11) is 0. The van der Waals surface area contributed by atoms with Crippen LogP contribution in [0, 0.1) is 6.92 Å². The largest absolute Gasteiger partial charge is 0.353 e. The molecule has 2 amide bonds. The standard InChI is InChI=1S/C12H15N3O2/c1-8-4-2-3-5-9(8)15-12(17)10-6-14-11(16)7-13-10/h2-5,10,13H,6-7H2,1H3,(H,14,16)(H,15,17). The number of amides is 2. The molecule has 1 atom stereocenters. The molecule has 1 heterocycles. The minimum Gasteiger partial charge on any atom is -0.353 e. The van der Waals surface area contributed by atoms with Gasteiger partial charge < -0.3 is 10.6 Å². The van der Waals surface area contributed by atoms with Crippen LogP contribution in [-0.4, -0.2) is 30.9 Å². The Morgan fingerprint density at radius 3 is 2.82 bits per heavy atom. The lowest BCUT2D eigenvalue weighted by atomic mass is 10.1. The molecule has 0 saturated carbocycles. The molecule has 5 nitrogen and oxygen atoms in total. The molecule has 1 aliphatic heterocycles. The molecule has 0 aliphatic carbocycles. The van der Waals surface area contributed by atoms with Crippen molar-refractivity contribution in [2.75, 3.05) is 18.4 Å². The molecule has 1 aromatic rings. The van der Waals surface area contributed by atoms with Crippen molar-refractivity contribution in [2.24, 2.45) is 0 Å². The second kappa shape index (κ2) is 4.97. The van der Waals surface area contributed by atoms with Crippen molar-refractivity contribution >= 4 is 17.5 Å². The molecule has 1 aromatic carbocycles. The smallest absolute Gasteiger partial charge is 0.243 e. The van der Waals surface area contributed by atoms with E-state index in [1.54, 1.807) is 0 Å². The van der Waals surface area contributed by atoms with E-state index < -0.39 is 0 Å².